The number of ether oxygens (including phenoxy) is 1. The van der Waals surface area contributed by atoms with Crippen LogP contribution in [0.4, 0.5) is 0 Å². The van der Waals surface area contributed by atoms with Gasteiger partial charge in [-0.3, -0.25) is 0 Å². The summed E-state index contributed by atoms with van der Waals surface area (Å²) < 4.78 is 5.36. The van der Waals surface area contributed by atoms with Crippen molar-refractivity contribution < 1.29 is 4.74 Å². The Morgan fingerprint density at radius 2 is 2.27 bits per heavy atom. The van der Waals surface area contributed by atoms with Crippen LogP contribution in [0.25, 0.3) is 0 Å². The molecule has 0 amide bonds. The highest BCUT2D eigenvalue weighted by atomic mass is 16.5. The van der Waals surface area contributed by atoms with Gasteiger partial charge in [0.25, 0.3) is 0 Å². The number of nitrogens with two attached hydrogens (primary N) is 1. The fourth-order valence-electron chi connectivity index (χ4n) is 2.12. The Hall–Kier alpha value is -0.120. The van der Waals surface area contributed by atoms with Gasteiger partial charge in [-0.2, -0.15) is 0 Å². The highest BCUT2D eigenvalue weighted by Gasteiger charge is 2.23. The van der Waals surface area contributed by atoms with E-state index >= 15 is 0 Å². The van der Waals surface area contributed by atoms with Crippen LogP contribution >= 0.6 is 0 Å². The van der Waals surface area contributed by atoms with Crippen LogP contribution in [0.15, 0.2) is 0 Å². The van der Waals surface area contributed by atoms with Gasteiger partial charge in [0.15, 0.2) is 0 Å². The number of hydrogen-bond acceptors (Lipinski definition) is 3. The molecule has 0 spiro atoms. The Bertz CT molecular complexity index is 158. The summed E-state index contributed by atoms with van der Waals surface area (Å²) in [5.41, 5.74) is 6.16. The number of likely N-dealkylation sites (N-methyl/N-ethyl adjacent to an activating group) is 1. The molecule has 2 N–H and O–H groups in total. The van der Waals surface area contributed by atoms with Gasteiger partial charge in [-0.15, -0.1) is 0 Å². The first-order valence-electron chi connectivity index (χ1n) is 6.26. The fourth-order valence-corrected chi connectivity index (χ4v) is 2.12. The summed E-state index contributed by atoms with van der Waals surface area (Å²) >= 11 is 0. The van der Waals surface area contributed by atoms with Gasteiger partial charge in [0, 0.05) is 25.1 Å². The lowest BCUT2D eigenvalue weighted by molar-refractivity contribution is 0.174. The molecule has 2 atom stereocenters. The Balaban J connectivity index is 2.10. The smallest absolute Gasteiger partial charge is 0.0510 e. The zero-order valence-corrected chi connectivity index (χ0v) is 10.2. The maximum Gasteiger partial charge on any atom is 0.0510 e. The summed E-state index contributed by atoms with van der Waals surface area (Å²) in [4.78, 5) is 2.36. The van der Waals surface area contributed by atoms with Crippen LogP contribution in [0.3, 0.4) is 0 Å². The highest BCUT2D eigenvalue weighted by molar-refractivity contribution is 4.78. The van der Waals surface area contributed by atoms with E-state index in [-0.39, 0.29) is 0 Å². The largest absolute Gasteiger partial charge is 0.381 e. The average molecular weight is 214 g/mol. The molecule has 15 heavy (non-hydrogen) atoms. The van der Waals surface area contributed by atoms with Crippen molar-refractivity contribution in [3.05, 3.63) is 0 Å². The highest BCUT2D eigenvalue weighted by Crippen LogP contribution is 2.15. The van der Waals surface area contributed by atoms with Crippen molar-refractivity contribution in [3.8, 4) is 0 Å². The molecule has 0 bridgehead atoms. The third kappa shape index (κ3) is 4.96. The second-order valence-electron chi connectivity index (χ2n) is 4.76. The predicted octanol–water partition coefficient (Wildman–Crippen LogP) is 1.47. The SMILES string of the molecule is CCCCCN(C)CC(N)C1CCOC1. The van der Waals surface area contributed by atoms with Gasteiger partial charge in [-0.05, 0) is 26.4 Å². The van der Waals surface area contributed by atoms with Gasteiger partial charge in [0.05, 0.1) is 6.61 Å². The lowest BCUT2D eigenvalue weighted by atomic mass is 9.99. The number of unbranched alkanes of at least 4 members (excludes halogenated alkanes) is 2. The summed E-state index contributed by atoms with van der Waals surface area (Å²) in [6.45, 7) is 6.19. The summed E-state index contributed by atoms with van der Waals surface area (Å²) in [5, 5.41) is 0. The Labute approximate surface area is 94.0 Å². The van der Waals surface area contributed by atoms with Crippen molar-refractivity contribution in [2.45, 2.75) is 38.6 Å². The van der Waals surface area contributed by atoms with Crippen LogP contribution in [-0.2, 0) is 4.74 Å². The molecule has 0 aromatic heterocycles. The molecule has 3 nitrogen and oxygen atoms in total. The summed E-state index contributed by atoms with van der Waals surface area (Å²) in [6, 6.07) is 0.291. The fraction of sp³-hybridized carbons (Fsp3) is 1.00. The van der Waals surface area contributed by atoms with Crippen LogP contribution in [0.1, 0.15) is 32.6 Å². The van der Waals surface area contributed by atoms with Crippen molar-refractivity contribution in [1.82, 2.24) is 4.90 Å². The van der Waals surface area contributed by atoms with Gasteiger partial charge < -0.3 is 15.4 Å². The van der Waals surface area contributed by atoms with Gasteiger partial charge in [-0.25, -0.2) is 0 Å². The zero-order valence-electron chi connectivity index (χ0n) is 10.2. The summed E-state index contributed by atoms with van der Waals surface area (Å²) in [5.74, 6) is 0.582. The molecule has 0 saturated carbocycles. The van der Waals surface area contributed by atoms with Crippen molar-refractivity contribution in [3.63, 3.8) is 0 Å². The lowest BCUT2D eigenvalue weighted by Gasteiger charge is -2.24. The van der Waals surface area contributed by atoms with E-state index in [1.165, 1.54) is 25.8 Å². The molecule has 0 aromatic carbocycles. The second-order valence-corrected chi connectivity index (χ2v) is 4.76. The maximum atomic E-state index is 6.16. The molecule has 0 aliphatic carbocycles. The lowest BCUT2D eigenvalue weighted by Crippen LogP contribution is -2.41. The Morgan fingerprint density at radius 3 is 2.87 bits per heavy atom. The van der Waals surface area contributed by atoms with Gasteiger partial charge in [0.2, 0.25) is 0 Å². The van der Waals surface area contributed by atoms with Crippen molar-refractivity contribution >= 4 is 0 Å². The van der Waals surface area contributed by atoms with Crippen LogP contribution in [0.2, 0.25) is 0 Å². The Morgan fingerprint density at radius 1 is 1.47 bits per heavy atom. The van der Waals surface area contributed by atoms with Gasteiger partial charge in [0.1, 0.15) is 0 Å². The first-order valence-corrected chi connectivity index (χ1v) is 6.26. The summed E-state index contributed by atoms with van der Waals surface area (Å²) in [7, 11) is 2.17. The molecule has 1 rings (SSSR count). The monoisotopic (exact) mass is 214 g/mol. The van der Waals surface area contributed by atoms with Crippen molar-refractivity contribution in [2.24, 2.45) is 11.7 Å². The third-order valence-electron chi connectivity index (χ3n) is 3.24. The number of rotatable bonds is 7. The van der Waals surface area contributed by atoms with Crippen LogP contribution < -0.4 is 5.73 Å². The Kier molecular flexibility index (Phi) is 6.22. The van der Waals surface area contributed by atoms with Crippen molar-refractivity contribution in [1.29, 1.82) is 0 Å². The van der Waals surface area contributed by atoms with Gasteiger partial charge in [-0.1, -0.05) is 19.8 Å². The maximum absolute atomic E-state index is 6.16. The first kappa shape index (κ1) is 12.9. The predicted molar refractivity (Wildman–Crippen MR) is 63.9 cm³/mol. The van der Waals surface area contributed by atoms with E-state index in [1.807, 2.05) is 0 Å². The van der Waals surface area contributed by atoms with E-state index in [0.717, 1.165) is 26.2 Å². The molecule has 1 aliphatic rings. The van der Waals surface area contributed by atoms with E-state index in [0.29, 0.717) is 12.0 Å². The minimum atomic E-state index is 0.291. The van der Waals surface area contributed by atoms with Crippen LogP contribution in [0.5, 0.6) is 0 Å². The van der Waals surface area contributed by atoms with E-state index < -0.39 is 0 Å². The third-order valence-corrected chi connectivity index (χ3v) is 3.24. The molecule has 1 saturated heterocycles. The standard InChI is InChI=1S/C12H26N2O/c1-3-4-5-7-14(2)9-12(13)11-6-8-15-10-11/h11-12H,3-10,13H2,1-2H3. The van der Waals surface area contributed by atoms with E-state index in [1.54, 1.807) is 0 Å². The normalized spacial score (nSPS) is 23.6. The minimum Gasteiger partial charge on any atom is -0.381 e. The molecule has 0 aromatic rings. The molecule has 0 radical (unpaired) electrons. The molecular weight excluding hydrogens is 188 g/mol. The molecule has 90 valence electrons. The molecular formula is C12H26N2O. The van der Waals surface area contributed by atoms with Crippen molar-refractivity contribution in [2.75, 3.05) is 33.4 Å². The minimum absolute atomic E-state index is 0.291. The molecule has 1 heterocycles. The number of hydrogen-bond donors (Lipinski definition) is 1. The van der Waals surface area contributed by atoms with Gasteiger partial charge >= 0.3 is 0 Å². The summed E-state index contributed by atoms with van der Waals surface area (Å²) in [6.07, 6.45) is 5.05. The molecule has 2 unspecified atom stereocenters. The quantitative estimate of drug-likeness (QED) is 0.652. The van der Waals surface area contributed by atoms with E-state index in [4.69, 9.17) is 10.5 Å². The molecule has 1 aliphatic heterocycles. The average Bonchev–Trinajstić information content (AvgIpc) is 2.70. The topological polar surface area (TPSA) is 38.5 Å². The van der Waals surface area contributed by atoms with Crippen LogP contribution in [-0.4, -0.2) is 44.3 Å². The zero-order chi connectivity index (χ0) is 11.1. The van der Waals surface area contributed by atoms with E-state index in [2.05, 4.69) is 18.9 Å². The second kappa shape index (κ2) is 7.20. The molecule has 3 heteroatoms. The molecule has 1 fully saturated rings. The van der Waals surface area contributed by atoms with Crippen LogP contribution in [0, 0.1) is 5.92 Å². The number of nitrogens with zero attached hydrogens (tertiary/aromatic N) is 1. The first-order chi connectivity index (χ1) is 7.24. The van der Waals surface area contributed by atoms with E-state index in [9.17, 15) is 0 Å².